The molecule has 1 saturated heterocycles. The highest BCUT2D eigenvalue weighted by Crippen LogP contribution is 2.25. The third kappa shape index (κ3) is 1.94. The largest absolute Gasteiger partial charge is 0.393 e. The lowest BCUT2D eigenvalue weighted by atomic mass is 10.0. The molecule has 3 atom stereocenters. The molecule has 0 aliphatic carbocycles. The molecule has 0 bridgehead atoms. The molecule has 0 radical (unpaired) electrons. The van der Waals surface area contributed by atoms with Crippen LogP contribution in [0.1, 0.15) is 26.7 Å². The summed E-state index contributed by atoms with van der Waals surface area (Å²) in [6.45, 7) is 3.42. The summed E-state index contributed by atoms with van der Waals surface area (Å²) in [5.41, 5.74) is 0. The molecule has 0 spiro atoms. The van der Waals surface area contributed by atoms with Gasteiger partial charge in [0.25, 0.3) is 0 Å². The summed E-state index contributed by atoms with van der Waals surface area (Å²) < 4.78 is 5.14. The van der Waals surface area contributed by atoms with Crippen LogP contribution < -0.4 is 0 Å². The molecule has 3 nitrogen and oxygen atoms in total. The zero-order valence-corrected chi connectivity index (χ0v) is 6.37. The molecule has 1 aliphatic heterocycles. The van der Waals surface area contributed by atoms with E-state index < -0.39 is 11.9 Å². The molecule has 0 aromatic heterocycles. The van der Waals surface area contributed by atoms with E-state index in [0.29, 0.717) is 12.8 Å². The van der Waals surface area contributed by atoms with Gasteiger partial charge in [0.1, 0.15) is 0 Å². The maximum absolute atomic E-state index is 9.33. The van der Waals surface area contributed by atoms with Gasteiger partial charge < -0.3 is 14.9 Å². The lowest BCUT2D eigenvalue weighted by molar-refractivity contribution is -0.256. The number of hydrogen-bond acceptors (Lipinski definition) is 3. The fourth-order valence-corrected chi connectivity index (χ4v) is 1.43. The molecule has 0 amide bonds. The van der Waals surface area contributed by atoms with Crippen LogP contribution in [0, 0.1) is 0 Å². The minimum Gasteiger partial charge on any atom is -0.393 e. The minimum absolute atomic E-state index is 0.0428. The van der Waals surface area contributed by atoms with Gasteiger partial charge in [0.05, 0.1) is 12.2 Å². The van der Waals surface area contributed by atoms with E-state index in [4.69, 9.17) is 4.74 Å². The highest BCUT2D eigenvalue weighted by atomic mass is 16.6. The van der Waals surface area contributed by atoms with Gasteiger partial charge in [0.15, 0.2) is 5.79 Å². The van der Waals surface area contributed by atoms with Crippen LogP contribution in [0.4, 0.5) is 0 Å². The maximum atomic E-state index is 9.33. The number of rotatable bonds is 0. The second-order valence-corrected chi connectivity index (χ2v) is 3.20. The highest BCUT2D eigenvalue weighted by Gasteiger charge is 2.33. The Morgan fingerprint density at radius 3 is 2.60 bits per heavy atom. The molecule has 0 aromatic rings. The van der Waals surface area contributed by atoms with Crippen LogP contribution in [0.5, 0.6) is 0 Å². The van der Waals surface area contributed by atoms with Crippen molar-refractivity contribution >= 4 is 0 Å². The fourth-order valence-electron chi connectivity index (χ4n) is 1.43. The molecule has 10 heavy (non-hydrogen) atoms. The smallest absolute Gasteiger partial charge is 0.165 e. The molecule has 0 saturated carbocycles. The van der Waals surface area contributed by atoms with Gasteiger partial charge in [-0.1, -0.05) is 0 Å². The van der Waals surface area contributed by atoms with Crippen molar-refractivity contribution < 1.29 is 14.9 Å². The Morgan fingerprint density at radius 2 is 2.20 bits per heavy atom. The standard InChI is InChI=1S/C7H14O3/c1-5-3-6(8)4-7(2,9)10-5/h5-6,8-9H,3-4H2,1-2H3/t5-,6-,7-/m1/s1. The SMILES string of the molecule is C[C@@H]1C[C@@H](O)C[C@](C)(O)O1. The van der Waals surface area contributed by atoms with E-state index in [1.54, 1.807) is 6.92 Å². The number of hydrogen-bond donors (Lipinski definition) is 2. The summed E-state index contributed by atoms with van der Waals surface area (Å²) in [5, 5.41) is 18.5. The van der Waals surface area contributed by atoms with Crippen molar-refractivity contribution in [2.45, 2.75) is 44.7 Å². The van der Waals surface area contributed by atoms with Crippen molar-refractivity contribution in [2.75, 3.05) is 0 Å². The molecular formula is C7H14O3. The van der Waals surface area contributed by atoms with E-state index in [9.17, 15) is 10.2 Å². The van der Waals surface area contributed by atoms with Gasteiger partial charge in [-0.15, -0.1) is 0 Å². The summed E-state index contributed by atoms with van der Waals surface area (Å²) in [5.74, 6) is -1.13. The Morgan fingerprint density at radius 1 is 1.60 bits per heavy atom. The highest BCUT2D eigenvalue weighted by molar-refractivity contribution is 4.76. The van der Waals surface area contributed by atoms with E-state index in [0.717, 1.165) is 0 Å². The van der Waals surface area contributed by atoms with Gasteiger partial charge in [0, 0.05) is 6.42 Å². The van der Waals surface area contributed by atoms with Crippen molar-refractivity contribution in [1.29, 1.82) is 0 Å². The molecule has 2 N–H and O–H groups in total. The molecule has 0 aromatic carbocycles. The summed E-state index contributed by atoms with van der Waals surface area (Å²) in [4.78, 5) is 0. The van der Waals surface area contributed by atoms with Gasteiger partial charge in [-0.3, -0.25) is 0 Å². The van der Waals surface area contributed by atoms with E-state index in [1.165, 1.54) is 0 Å². The second-order valence-electron chi connectivity index (χ2n) is 3.20. The van der Waals surface area contributed by atoms with Crippen LogP contribution >= 0.6 is 0 Å². The summed E-state index contributed by atoms with van der Waals surface area (Å²) in [6.07, 6.45) is 0.477. The Balaban J connectivity index is 2.51. The zero-order chi connectivity index (χ0) is 7.78. The average Bonchev–Trinajstić information content (AvgIpc) is 1.54. The molecule has 1 heterocycles. The summed E-state index contributed by atoms with van der Waals surface area (Å²) in [6, 6.07) is 0. The lowest BCUT2D eigenvalue weighted by Gasteiger charge is -2.35. The first-order valence-electron chi connectivity index (χ1n) is 3.58. The van der Waals surface area contributed by atoms with Crippen LogP contribution in [-0.2, 0) is 4.74 Å². The Labute approximate surface area is 60.6 Å². The molecule has 1 fully saturated rings. The van der Waals surface area contributed by atoms with E-state index >= 15 is 0 Å². The third-order valence-corrected chi connectivity index (χ3v) is 1.67. The number of ether oxygens (including phenoxy) is 1. The predicted molar refractivity (Wildman–Crippen MR) is 36.4 cm³/mol. The second kappa shape index (κ2) is 2.49. The molecule has 1 rings (SSSR count). The first kappa shape index (κ1) is 7.98. The zero-order valence-electron chi connectivity index (χ0n) is 6.37. The first-order valence-corrected chi connectivity index (χ1v) is 3.58. The molecule has 60 valence electrons. The summed E-state index contributed by atoms with van der Waals surface area (Å²) in [7, 11) is 0. The Kier molecular flexibility index (Phi) is 1.99. The topological polar surface area (TPSA) is 49.7 Å². The van der Waals surface area contributed by atoms with Crippen LogP contribution in [0.15, 0.2) is 0 Å². The monoisotopic (exact) mass is 146 g/mol. The summed E-state index contributed by atoms with van der Waals surface area (Å²) >= 11 is 0. The van der Waals surface area contributed by atoms with Gasteiger partial charge in [-0.25, -0.2) is 0 Å². The molecular weight excluding hydrogens is 132 g/mol. The first-order chi connectivity index (χ1) is 4.49. The maximum Gasteiger partial charge on any atom is 0.165 e. The van der Waals surface area contributed by atoms with Crippen molar-refractivity contribution in [3.8, 4) is 0 Å². The van der Waals surface area contributed by atoms with Crippen molar-refractivity contribution in [3.05, 3.63) is 0 Å². The molecule has 3 heteroatoms. The normalized spacial score (nSPS) is 49.2. The molecule has 1 aliphatic rings. The van der Waals surface area contributed by atoms with E-state index in [2.05, 4.69) is 0 Å². The lowest BCUT2D eigenvalue weighted by Crippen LogP contribution is -2.42. The van der Waals surface area contributed by atoms with Gasteiger partial charge >= 0.3 is 0 Å². The van der Waals surface area contributed by atoms with Crippen molar-refractivity contribution in [2.24, 2.45) is 0 Å². The van der Waals surface area contributed by atoms with Crippen molar-refractivity contribution in [3.63, 3.8) is 0 Å². The van der Waals surface area contributed by atoms with Crippen LogP contribution in [0.3, 0.4) is 0 Å². The minimum atomic E-state index is -1.13. The quantitative estimate of drug-likeness (QED) is 0.515. The van der Waals surface area contributed by atoms with Crippen molar-refractivity contribution in [1.82, 2.24) is 0 Å². The van der Waals surface area contributed by atoms with Gasteiger partial charge in [-0.05, 0) is 20.3 Å². The predicted octanol–water partition coefficient (Wildman–Crippen LogP) is 0.255. The van der Waals surface area contributed by atoms with Crippen LogP contribution in [-0.4, -0.2) is 28.2 Å². The van der Waals surface area contributed by atoms with Gasteiger partial charge in [0.2, 0.25) is 0 Å². The molecule has 0 unspecified atom stereocenters. The van der Waals surface area contributed by atoms with E-state index in [1.807, 2.05) is 6.92 Å². The van der Waals surface area contributed by atoms with Crippen LogP contribution in [0.25, 0.3) is 0 Å². The fraction of sp³-hybridized carbons (Fsp3) is 1.00. The van der Waals surface area contributed by atoms with E-state index in [-0.39, 0.29) is 6.10 Å². The van der Waals surface area contributed by atoms with Gasteiger partial charge in [-0.2, -0.15) is 0 Å². The third-order valence-electron chi connectivity index (χ3n) is 1.67. The number of aliphatic hydroxyl groups excluding tert-OH is 1. The number of aliphatic hydroxyl groups is 2. The Hall–Kier alpha value is -0.120. The average molecular weight is 146 g/mol. The Bertz CT molecular complexity index is 110. The van der Waals surface area contributed by atoms with Crippen LogP contribution in [0.2, 0.25) is 0 Å².